The van der Waals surface area contributed by atoms with Crippen LogP contribution in [0.25, 0.3) is 5.57 Å². The largest absolute Gasteiger partial charge is 0.343 e. The van der Waals surface area contributed by atoms with Crippen LogP contribution in [0.4, 0.5) is 0 Å². The molecule has 0 saturated carbocycles. The van der Waals surface area contributed by atoms with E-state index < -0.39 is 0 Å². The average molecular weight is 1450 g/mol. The first-order valence-electron chi connectivity index (χ1n) is 6.14. The zero-order valence-corrected chi connectivity index (χ0v) is 57.4. The molecule has 0 aromatic heterocycles. The average Bonchev–Trinajstić information content (AvgIpc) is 2.38. The normalized spacial score (nSPS) is 12.2. The van der Waals surface area contributed by atoms with Crippen molar-refractivity contribution in [2.45, 2.75) is 31.6 Å². The van der Waals surface area contributed by atoms with Crippen molar-refractivity contribution < 1.29 is 458 Å². The number of hydrogen-bond acceptors (Lipinski definition) is 0. The van der Waals surface area contributed by atoms with Crippen LogP contribution in [-0.4, -0.2) is 0 Å². The molecule has 0 fully saturated rings. The fraction of sp³-hybridized carbons (Fsp3) is 0.312. The van der Waals surface area contributed by atoms with Crippen LogP contribution in [0.1, 0.15) is 42.7 Å². The molecule has 1 atom stereocenters. The summed E-state index contributed by atoms with van der Waals surface area (Å²) in [5, 5.41) is 0. The predicted molar refractivity (Wildman–Crippen MR) is 69.1 cm³/mol. The summed E-state index contributed by atoms with van der Waals surface area (Å²) in [4.78, 5) is 0. The van der Waals surface area contributed by atoms with Crippen molar-refractivity contribution in [3.63, 3.8) is 0 Å². The van der Waals surface area contributed by atoms with E-state index in [9.17, 15) is 0 Å². The number of allylic oxidation sites excluding steroid dienone is 4. The summed E-state index contributed by atoms with van der Waals surface area (Å²) >= 11 is 0. The monoisotopic (exact) mass is 1450 g/mol. The SMILES string of the molecule is [CH2-]CC1CC2=C(CC=CC2)c2ccccc21.[Y].[Y].[Y].[Y].[Y].[Y].[Y].[Y].[Y].[Y].[Y].[Y].[Y].[Y]. The summed E-state index contributed by atoms with van der Waals surface area (Å²) in [6.07, 6.45) is 9.13. The maximum absolute atomic E-state index is 4.11. The second-order valence-corrected chi connectivity index (χ2v) is 4.74. The zero-order chi connectivity index (χ0) is 11.0. The minimum atomic E-state index is 0. The number of rotatable bonds is 1. The van der Waals surface area contributed by atoms with Crippen LogP contribution in [-0.2, 0) is 458 Å². The molecule has 14 heteroatoms. The molecule has 0 spiro atoms. The Balaban J connectivity index is -0.0000000231. The maximum Gasteiger partial charge on any atom is 0 e. The summed E-state index contributed by atoms with van der Waals surface area (Å²) in [6, 6.07) is 8.89. The summed E-state index contributed by atoms with van der Waals surface area (Å²) < 4.78 is 0. The number of hydrogen-bond donors (Lipinski definition) is 0. The molecule has 30 heavy (non-hydrogen) atoms. The van der Waals surface area contributed by atoms with Gasteiger partial charge in [0.1, 0.15) is 0 Å². The third kappa shape index (κ3) is 28.4. The molecule has 0 aliphatic heterocycles. The second kappa shape index (κ2) is 50.0. The Labute approximate surface area is 537 Å². The van der Waals surface area contributed by atoms with Crippen molar-refractivity contribution in [2.75, 3.05) is 0 Å². The summed E-state index contributed by atoms with van der Waals surface area (Å²) in [6.45, 7) is 4.11. The fourth-order valence-electron chi connectivity index (χ4n) is 2.99. The zero-order valence-electron chi connectivity index (χ0n) is 17.7. The first kappa shape index (κ1) is 79.5. The minimum absolute atomic E-state index is 0. The van der Waals surface area contributed by atoms with Gasteiger partial charge in [-0.05, 0) is 41.9 Å². The molecule has 124 valence electrons. The molecule has 2 aliphatic carbocycles. The first-order chi connectivity index (χ1) is 7.90. The molecule has 0 saturated heterocycles. The van der Waals surface area contributed by atoms with Crippen LogP contribution in [0.3, 0.4) is 0 Å². The molecule has 2 aliphatic rings. The van der Waals surface area contributed by atoms with E-state index in [1.807, 2.05) is 0 Å². The van der Waals surface area contributed by atoms with Gasteiger partial charge in [-0.25, -0.2) is 0 Å². The van der Waals surface area contributed by atoms with Crippen molar-refractivity contribution in [3.05, 3.63) is 60.0 Å². The molecule has 0 amide bonds. The summed E-state index contributed by atoms with van der Waals surface area (Å²) in [7, 11) is 0. The van der Waals surface area contributed by atoms with Crippen molar-refractivity contribution in [2.24, 2.45) is 0 Å². The Bertz CT molecular complexity index is 493. The van der Waals surface area contributed by atoms with E-state index in [1.165, 1.54) is 17.5 Å². The van der Waals surface area contributed by atoms with Crippen LogP contribution in [0, 0.1) is 6.92 Å². The first-order valence-corrected chi connectivity index (χ1v) is 6.14. The number of fused-ring (bicyclic) bond motifs is 2. The van der Waals surface area contributed by atoms with Crippen molar-refractivity contribution >= 4 is 5.57 Å². The number of benzene rings is 1. The van der Waals surface area contributed by atoms with Gasteiger partial charge in [0.15, 0.2) is 0 Å². The fourth-order valence-corrected chi connectivity index (χ4v) is 2.99. The summed E-state index contributed by atoms with van der Waals surface area (Å²) in [5.41, 5.74) is 6.24. The topological polar surface area (TPSA) is 0 Å². The van der Waals surface area contributed by atoms with Gasteiger partial charge in [-0.3, -0.25) is 0 Å². The molecule has 14 radical (unpaired) electrons. The van der Waals surface area contributed by atoms with Crippen LogP contribution in [0.5, 0.6) is 0 Å². The van der Waals surface area contributed by atoms with Crippen LogP contribution in [0.2, 0.25) is 0 Å². The van der Waals surface area contributed by atoms with Crippen LogP contribution >= 0.6 is 0 Å². The molecule has 0 N–H and O–H groups in total. The molecule has 1 unspecified atom stereocenters. The third-order valence-electron chi connectivity index (χ3n) is 3.85. The van der Waals surface area contributed by atoms with E-state index >= 15 is 0 Å². The Kier molecular flexibility index (Phi) is 133. The van der Waals surface area contributed by atoms with Crippen LogP contribution < -0.4 is 0 Å². The molecule has 0 bridgehead atoms. The smallest absolute Gasteiger partial charge is 0 e. The predicted octanol–water partition coefficient (Wildman–Crippen LogP) is 4.47. The molecule has 0 nitrogen and oxygen atoms in total. The minimum Gasteiger partial charge on any atom is -0.343 e. The van der Waals surface area contributed by atoms with E-state index in [1.54, 1.807) is 11.1 Å². The van der Waals surface area contributed by atoms with E-state index in [-0.39, 0.29) is 458 Å². The Morgan fingerprint density at radius 1 is 0.633 bits per heavy atom. The van der Waals surface area contributed by atoms with E-state index in [0.29, 0.717) is 5.92 Å². The van der Waals surface area contributed by atoms with Gasteiger partial charge in [0.2, 0.25) is 0 Å². The Morgan fingerprint density at radius 2 is 1.07 bits per heavy atom. The van der Waals surface area contributed by atoms with E-state index in [0.717, 1.165) is 19.3 Å². The van der Waals surface area contributed by atoms with Gasteiger partial charge < -0.3 is 6.92 Å². The van der Waals surface area contributed by atoms with Crippen LogP contribution in [0.15, 0.2) is 42.0 Å². The molecule has 1 aromatic carbocycles. The van der Waals surface area contributed by atoms with Crippen molar-refractivity contribution in [3.8, 4) is 0 Å². The van der Waals surface area contributed by atoms with E-state index in [4.69, 9.17) is 0 Å². The Morgan fingerprint density at radius 3 is 1.53 bits per heavy atom. The van der Waals surface area contributed by atoms with Gasteiger partial charge in [-0.2, -0.15) is 6.42 Å². The molecule has 0 heterocycles. The third-order valence-corrected chi connectivity index (χ3v) is 3.85. The molecular formula is C16H17Y14-. The van der Waals surface area contributed by atoms with Gasteiger partial charge in [-0.1, -0.05) is 42.0 Å². The molecular weight excluding hydrogens is 1440 g/mol. The van der Waals surface area contributed by atoms with Gasteiger partial charge in [0.25, 0.3) is 0 Å². The molecule has 1 aromatic rings. The van der Waals surface area contributed by atoms with Crippen molar-refractivity contribution in [1.82, 2.24) is 0 Å². The van der Waals surface area contributed by atoms with Crippen molar-refractivity contribution in [1.29, 1.82) is 0 Å². The van der Waals surface area contributed by atoms with Gasteiger partial charge >= 0.3 is 0 Å². The van der Waals surface area contributed by atoms with Gasteiger partial charge in [0.05, 0.1) is 0 Å². The second-order valence-electron chi connectivity index (χ2n) is 4.74. The standard InChI is InChI=1S/C16H17.14Y/c1-2-12-11-13-7-3-4-9-15(13)16-10-6-5-8-14(12)16;;;;;;;;;;;;;;/h3-6,8,10,12H,1-2,7,9,11H2;;;;;;;;;;;;;;/q-1;;;;;;;;;;;;;;. The van der Waals surface area contributed by atoms with Gasteiger partial charge in [0, 0.05) is 458 Å². The molecule has 3 rings (SSSR count). The van der Waals surface area contributed by atoms with E-state index in [2.05, 4.69) is 43.3 Å². The Hall–Kier alpha value is 14.2. The maximum atomic E-state index is 4.11. The summed E-state index contributed by atoms with van der Waals surface area (Å²) in [5.74, 6) is 0.640. The van der Waals surface area contributed by atoms with Gasteiger partial charge in [-0.15, -0.1) is 0 Å². The quantitative estimate of drug-likeness (QED) is 0.288.